The molecule has 5 heteroatoms. The number of hydrogen-bond acceptors (Lipinski definition) is 4. The number of nitriles is 1. The van der Waals surface area contributed by atoms with E-state index in [0.29, 0.717) is 5.56 Å². The Balaban J connectivity index is 3.07. The van der Waals surface area contributed by atoms with E-state index in [1.54, 1.807) is 19.9 Å². The molecule has 0 N–H and O–H groups in total. The Hall–Kier alpha value is -1.96. The maximum absolute atomic E-state index is 10.3. The van der Waals surface area contributed by atoms with Gasteiger partial charge in [0.2, 0.25) is 0 Å². The minimum Gasteiger partial charge on any atom is -0.358 e. The van der Waals surface area contributed by atoms with Crippen LogP contribution in [-0.2, 0) is 5.41 Å². The third kappa shape index (κ3) is 1.85. The lowest BCUT2D eigenvalue weighted by molar-refractivity contribution is -0.389. The second-order valence-electron chi connectivity index (χ2n) is 3.40. The highest BCUT2D eigenvalue weighted by Crippen LogP contribution is 2.22. The number of aromatic nitrogens is 1. The van der Waals surface area contributed by atoms with Crippen molar-refractivity contribution in [1.29, 1.82) is 5.26 Å². The Bertz CT molecular complexity index is 390. The van der Waals surface area contributed by atoms with Crippen LogP contribution in [0.5, 0.6) is 0 Å². The molecule has 0 aromatic carbocycles. The molecule has 0 unspecified atom stereocenters. The van der Waals surface area contributed by atoms with Crippen LogP contribution in [-0.4, -0.2) is 9.91 Å². The van der Waals surface area contributed by atoms with Gasteiger partial charge in [-0.25, -0.2) is 0 Å². The summed E-state index contributed by atoms with van der Waals surface area (Å²) < 4.78 is 0. The summed E-state index contributed by atoms with van der Waals surface area (Å²) in [5, 5.41) is 19.1. The van der Waals surface area contributed by atoms with Crippen LogP contribution in [0.3, 0.4) is 0 Å². The van der Waals surface area contributed by atoms with Gasteiger partial charge in [0.1, 0.15) is 6.20 Å². The normalized spacial score (nSPS) is 10.6. The molecule has 0 spiro atoms. The summed E-state index contributed by atoms with van der Waals surface area (Å²) in [4.78, 5) is 13.4. The predicted molar refractivity (Wildman–Crippen MR) is 49.5 cm³/mol. The van der Waals surface area contributed by atoms with Crippen molar-refractivity contribution in [2.45, 2.75) is 19.3 Å². The zero-order chi connectivity index (χ0) is 10.8. The van der Waals surface area contributed by atoms with Gasteiger partial charge in [0, 0.05) is 11.6 Å². The summed E-state index contributed by atoms with van der Waals surface area (Å²) in [5.74, 6) is -0.206. The fourth-order valence-corrected chi connectivity index (χ4v) is 0.928. The third-order valence-corrected chi connectivity index (χ3v) is 1.94. The summed E-state index contributed by atoms with van der Waals surface area (Å²) in [6.07, 6.45) is 1.36. The summed E-state index contributed by atoms with van der Waals surface area (Å²) >= 11 is 0. The molecular weight excluding hydrogens is 182 g/mol. The molecule has 0 fully saturated rings. The Kier molecular flexibility index (Phi) is 2.47. The average molecular weight is 191 g/mol. The van der Waals surface area contributed by atoms with Gasteiger partial charge in [-0.3, -0.25) is 0 Å². The number of hydrogen-bond donors (Lipinski definition) is 0. The Morgan fingerprint density at radius 2 is 2.21 bits per heavy atom. The van der Waals surface area contributed by atoms with Gasteiger partial charge < -0.3 is 10.1 Å². The van der Waals surface area contributed by atoms with Crippen molar-refractivity contribution in [2.24, 2.45) is 0 Å². The van der Waals surface area contributed by atoms with E-state index in [1.165, 1.54) is 12.3 Å². The van der Waals surface area contributed by atoms with E-state index in [9.17, 15) is 10.1 Å². The van der Waals surface area contributed by atoms with Gasteiger partial charge in [0.15, 0.2) is 0 Å². The molecule has 0 aliphatic heterocycles. The van der Waals surface area contributed by atoms with E-state index in [1.807, 2.05) is 0 Å². The first kappa shape index (κ1) is 10.1. The van der Waals surface area contributed by atoms with Crippen LogP contribution in [0.4, 0.5) is 5.82 Å². The molecule has 0 bridgehead atoms. The molecule has 1 aromatic rings. The van der Waals surface area contributed by atoms with Crippen LogP contribution in [0.15, 0.2) is 18.3 Å². The van der Waals surface area contributed by atoms with Gasteiger partial charge in [0.05, 0.1) is 11.5 Å². The molecule has 0 atom stereocenters. The number of nitro groups is 1. The first-order chi connectivity index (χ1) is 6.47. The van der Waals surface area contributed by atoms with Crippen LogP contribution in [0.2, 0.25) is 0 Å². The number of nitrogens with zero attached hydrogens (tertiary/aromatic N) is 3. The second-order valence-corrected chi connectivity index (χ2v) is 3.40. The molecule has 0 saturated heterocycles. The highest BCUT2D eigenvalue weighted by Gasteiger charge is 2.22. The molecule has 0 radical (unpaired) electrons. The molecule has 0 aliphatic carbocycles. The Morgan fingerprint density at radius 1 is 1.57 bits per heavy atom. The maximum Gasteiger partial charge on any atom is 0.363 e. The van der Waals surface area contributed by atoms with Crippen molar-refractivity contribution in [3.05, 3.63) is 34.0 Å². The average Bonchev–Trinajstić information content (AvgIpc) is 2.18. The molecular formula is C9H9N3O2. The van der Waals surface area contributed by atoms with Gasteiger partial charge in [-0.15, -0.1) is 0 Å². The Labute approximate surface area is 81.2 Å². The number of pyridine rings is 1. The third-order valence-electron chi connectivity index (χ3n) is 1.94. The fraction of sp³-hybridized carbons (Fsp3) is 0.333. The van der Waals surface area contributed by atoms with E-state index < -0.39 is 10.3 Å². The lowest BCUT2D eigenvalue weighted by atomic mass is 9.88. The molecule has 0 aliphatic rings. The van der Waals surface area contributed by atoms with E-state index in [4.69, 9.17) is 5.26 Å². The first-order valence-corrected chi connectivity index (χ1v) is 3.99. The van der Waals surface area contributed by atoms with Crippen molar-refractivity contribution in [2.75, 3.05) is 0 Å². The van der Waals surface area contributed by atoms with E-state index in [2.05, 4.69) is 11.1 Å². The molecule has 72 valence electrons. The molecule has 0 saturated carbocycles. The summed E-state index contributed by atoms with van der Waals surface area (Å²) in [6.45, 7) is 3.46. The van der Waals surface area contributed by atoms with Crippen molar-refractivity contribution in [1.82, 2.24) is 4.98 Å². The topological polar surface area (TPSA) is 79.8 Å². The van der Waals surface area contributed by atoms with Crippen LogP contribution in [0.1, 0.15) is 19.4 Å². The summed E-state index contributed by atoms with van der Waals surface area (Å²) in [7, 11) is 0. The van der Waals surface area contributed by atoms with Crippen LogP contribution >= 0.6 is 0 Å². The fourth-order valence-electron chi connectivity index (χ4n) is 0.928. The van der Waals surface area contributed by atoms with Gasteiger partial charge in [-0.2, -0.15) is 5.26 Å². The lowest BCUT2D eigenvalue weighted by Gasteiger charge is -2.12. The second kappa shape index (κ2) is 3.42. The minimum atomic E-state index is -0.665. The minimum absolute atomic E-state index is 0.206. The quantitative estimate of drug-likeness (QED) is 0.527. The molecule has 1 rings (SSSR count). The maximum atomic E-state index is 10.3. The number of rotatable bonds is 2. The van der Waals surface area contributed by atoms with Gasteiger partial charge in [0.25, 0.3) is 0 Å². The van der Waals surface area contributed by atoms with Crippen LogP contribution < -0.4 is 0 Å². The van der Waals surface area contributed by atoms with Gasteiger partial charge >= 0.3 is 5.82 Å². The van der Waals surface area contributed by atoms with Gasteiger partial charge in [-0.05, 0) is 29.8 Å². The predicted octanol–water partition coefficient (Wildman–Crippen LogP) is 1.79. The van der Waals surface area contributed by atoms with Gasteiger partial charge in [-0.1, -0.05) is 0 Å². The largest absolute Gasteiger partial charge is 0.363 e. The highest BCUT2D eigenvalue weighted by atomic mass is 16.6. The van der Waals surface area contributed by atoms with E-state index in [0.717, 1.165) is 0 Å². The molecule has 0 amide bonds. The SMILES string of the molecule is CC(C)(C#N)c1ccc([N+](=O)[O-])nc1. The summed E-state index contributed by atoms with van der Waals surface area (Å²) in [6, 6.07) is 4.95. The monoisotopic (exact) mass is 191 g/mol. The van der Waals surface area contributed by atoms with Crippen LogP contribution in [0.25, 0.3) is 0 Å². The van der Waals surface area contributed by atoms with E-state index in [-0.39, 0.29) is 5.82 Å². The first-order valence-electron chi connectivity index (χ1n) is 3.99. The standard InChI is InChI=1S/C9H9N3O2/c1-9(2,6-10)7-3-4-8(11-5-7)12(13)14/h3-5H,1-2H3. The Morgan fingerprint density at radius 3 is 2.57 bits per heavy atom. The van der Waals surface area contributed by atoms with Crippen molar-refractivity contribution in [3.8, 4) is 6.07 Å². The highest BCUT2D eigenvalue weighted by molar-refractivity contribution is 5.31. The van der Waals surface area contributed by atoms with Crippen LogP contribution in [0, 0.1) is 21.4 Å². The zero-order valence-electron chi connectivity index (χ0n) is 7.89. The van der Waals surface area contributed by atoms with E-state index >= 15 is 0 Å². The summed E-state index contributed by atoms with van der Waals surface area (Å²) in [5.41, 5.74) is 0.00730. The van der Waals surface area contributed by atoms with Crippen molar-refractivity contribution < 1.29 is 4.92 Å². The van der Waals surface area contributed by atoms with Crippen molar-refractivity contribution in [3.63, 3.8) is 0 Å². The molecule has 1 aromatic heterocycles. The van der Waals surface area contributed by atoms with Crippen molar-refractivity contribution >= 4 is 5.82 Å². The molecule has 5 nitrogen and oxygen atoms in total. The lowest BCUT2D eigenvalue weighted by Crippen LogP contribution is -2.14. The molecule has 1 heterocycles. The zero-order valence-corrected chi connectivity index (χ0v) is 7.89. The smallest absolute Gasteiger partial charge is 0.358 e. The molecule has 14 heavy (non-hydrogen) atoms.